The number of piperidine rings is 1. The van der Waals surface area contributed by atoms with Crippen LogP contribution in [0.3, 0.4) is 0 Å². The van der Waals surface area contributed by atoms with Crippen molar-refractivity contribution in [3.05, 3.63) is 29.8 Å². The lowest BCUT2D eigenvalue weighted by Gasteiger charge is -2.35. The normalized spacial score (nSPS) is 22.0. The Balaban J connectivity index is 1.52. The van der Waals surface area contributed by atoms with Crippen LogP contribution in [0.4, 0.5) is 0 Å². The molecule has 21 heavy (non-hydrogen) atoms. The summed E-state index contributed by atoms with van der Waals surface area (Å²) in [5.74, 6) is 1.04. The molecule has 1 aliphatic carbocycles. The standard InChI is InChI=1S/C17H24N2O2/c1-12(17(21)18-15-4-5-15)19-10-8-14(9-11-19)13-2-6-16(20)7-3-13/h2-3,6-7,12,14-15,20H,4-5,8-11H2,1H3,(H,18,21)/t12-/m0/s1. The van der Waals surface area contributed by atoms with Crippen LogP contribution >= 0.6 is 0 Å². The smallest absolute Gasteiger partial charge is 0.237 e. The third-order valence-corrected chi connectivity index (χ3v) is 4.74. The number of rotatable bonds is 4. The molecule has 2 N–H and O–H groups in total. The van der Waals surface area contributed by atoms with Crippen LogP contribution in [-0.2, 0) is 4.79 Å². The molecular weight excluding hydrogens is 264 g/mol. The van der Waals surface area contributed by atoms with Crippen LogP contribution in [0.5, 0.6) is 5.75 Å². The van der Waals surface area contributed by atoms with Crippen molar-refractivity contribution >= 4 is 5.91 Å². The molecule has 0 aromatic heterocycles. The molecule has 114 valence electrons. The molecule has 0 bridgehead atoms. The number of aromatic hydroxyl groups is 1. The lowest BCUT2D eigenvalue weighted by Crippen LogP contribution is -2.48. The van der Waals surface area contributed by atoms with E-state index in [4.69, 9.17) is 0 Å². The zero-order chi connectivity index (χ0) is 14.8. The molecule has 1 amide bonds. The maximum atomic E-state index is 12.1. The predicted octanol–water partition coefficient (Wildman–Crippen LogP) is 2.24. The number of nitrogens with zero attached hydrogens (tertiary/aromatic N) is 1. The van der Waals surface area contributed by atoms with Crippen LogP contribution < -0.4 is 5.32 Å². The SMILES string of the molecule is C[C@@H](C(=O)NC1CC1)N1CCC(c2ccc(O)cc2)CC1. The molecule has 1 saturated heterocycles. The first-order valence-corrected chi connectivity index (χ1v) is 7.97. The molecular formula is C17H24N2O2. The molecule has 0 unspecified atom stereocenters. The van der Waals surface area contributed by atoms with Crippen molar-refractivity contribution in [1.82, 2.24) is 10.2 Å². The van der Waals surface area contributed by atoms with Crippen LogP contribution in [0.25, 0.3) is 0 Å². The van der Waals surface area contributed by atoms with E-state index in [1.807, 2.05) is 19.1 Å². The Morgan fingerprint density at radius 1 is 1.19 bits per heavy atom. The zero-order valence-corrected chi connectivity index (χ0v) is 12.6. The van der Waals surface area contributed by atoms with Crippen LogP contribution in [0, 0.1) is 0 Å². The first-order valence-electron chi connectivity index (χ1n) is 7.97. The number of carbonyl (C=O) groups is 1. The summed E-state index contributed by atoms with van der Waals surface area (Å²) < 4.78 is 0. The summed E-state index contributed by atoms with van der Waals surface area (Å²) in [5, 5.41) is 12.4. The second-order valence-electron chi connectivity index (χ2n) is 6.36. The summed E-state index contributed by atoms with van der Waals surface area (Å²) in [6.45, 7) is 3.94. The number of phenols is 1. The maximum Gasteiger partial charge on any atom is 0.237 e. The van der Waals surface area contributed by atoms with Gasteiger partial charge in [-0.05, 0) is 69.3 Å². The highest BCUT2D eigenvalue weighted by Gasteiger charge is 2.30. The van der Waals surface area contributed by atoms with Crippen molar-refractivity contribution in [2.75, 3.05) is 13.1 Å². The lowest BCUT2D eigenvalue weighted by atomic mass is 9.89. The summed E-state index contributed by atoms with van der Waals surface area (Å²) in [7, 11) is 0. The zero-order valence-electron chi connectivity index (χ0n) is 12.6. The number of likely N-dealkylation sites (tertiary alicyclic amines) is 1. The predicted molar refractivity (Wildman–Crippen MR) is 82.3 cm³/mol. The van der Waals surface area contributed by atoms with Crippen LogP contribution in [0.15, 0.2) is 24.3 Å². The fraction of sp³-hybridized carbons (Fsp3) is 0.588. The van der Waals surface area contributed by atoms with Crippen molar-refractivity contribution in [3.8, 4) is 5.75 Å². The first-order chi connectivity index (χ1) is 10.1. The molecule has 1 atom stereocenters. The topological polar surface area (TPSA) is 52.6 Å². The second kappa shape index (κ2) is 6.06. The van der Waals surface area contributed by atoms with E-state index in [9.17, 15) is 9.90 Å². The van der Waals surface area contributed by atoms with Gasteiger partial charge in [0.1, 0.15) is 5.75 Å². The van der Waals surface area contributed by atoms with Gasteiger partial charge in [-0.3, -0.25) is 9.69 Å². The molecule has 4 heteroatoms. The highest BCUT2D eigenvalue weighted by molar-refractivity contribution is 5.81. The van der Waals surface area contributed by atoms with E-state index in [-0.39, 0.29) is 11.9 Å². The van der Waals surface area contributed by atoms with E-state index >= 15 is 0 Å². The second-order valence-corrected chi connectivity index (χ2v) is 6.36. The molecule has 1 aromatic carbocycles. The molecule has 3 rings (SSSR count). The average Bonchev–Trinajstić information content (AvgIpc) is 3.31. The molecule has 2 aliphatic rings. The summed E-state index contributed by atoms with van der Waals surface area (Å²) in [6.07, 6.45) is 4.43. The third kappa shape index (κ3) is 3.56. The number of phenolic OH excluding ortho intramolecular Hbond substituents is 1. The van der Waals surface area contributed by atoms with Crippen molar-refractivity contribution in [2.24, 2.45) is 0 Å². The first kappa shape index (κ1) is 14.4. The van der Waals surface area contributed by atoms with E-state index in [0.717, 1.165) is 38.8 Å². The minimum absolute atomic E-state index is 0.0219. The fourth-order valence-electron chi connectivity index (χ4n) is 3.08. The third-order valence-electron chi connectivity index (χ3n) is 4.74. The number of nitrogens with one attached hydrogen (secondary N) is 1. The molecule has 1 aliphatic heterocycles. The van der Waals surface area contributed by atoms with Gasteiger partial charge in [-0.25, -0.2) is 0 Å². The van der Waals surface area contributed by atoms with Gasteiger partial charge in [0.05, 0.1) is 6.04 Å². The molecule has 0 radical (unpaired) electrons. The van der Waals surface area contributed by atoms with Gasteiger partial charge < -0.3 is 10.4 Å². The van der Waals surface area contributed by atoms with Gasteiger partial charge in [0.15, 0.2) is 0 Å². The highest BCUT2D eigenvalue weighted by Crippen LogP contribution is 2.30. The van der Waals surface area contributed by atoms with E-state index < -0.39 is 0 Å². The maximum absolute atomic E-state index is 12.1. The van der Waals surface area contributed by atoms with Crippen LogP contribution in [-0.4, -0.2) is 41.1 Å². The Labute approximate surface area is 126 Å². The number of hydrogen-bond acceptors (Lipinski definition) is 3. The van der Waals surface area contributed by atoms with Crippen molar-refractivity contribution in [1.29, 1.82) is 0 Å². The number of hydrogen-bond donors (Lipinski definition) is 2. The van der Waals surface area contributed by atoms with Gasteiger partial charge in [-0.1, -0.05) is 12.1 Å². The van der Waals surface area contributed by atoms with Crippen molar-refractivity contribution in [2.45, 2.75) is 50.6 Å². The molecule has 1 heterocycles. The minimum Gasteiger partial charge on any atom is -0.508 e. The largest absolute Gasteiger partial charge is 0.508 e. The van der Waals surface area contributed by atoms with Gasteiger partial charge >= 0.3 is 0 Å². The fourth-order valence-corrected chi connectivity index (χ4v) is 3.08. The highest BCUT2D eigenvalue weighted by atomic mass is 16.3. The van der Waals surface area contributed by atoms with E-state index in [1.54, 1.807) is 12.1 Å². The Bertz CT molecular complexity index is 488. The van der Waals surface area contributed by atoms with Gasteiger partial charge in [0.2, 0.25) is 5.91 Å². The van der Waals surface area contributed by atoms with Crippen LogP contribution in [0.1, 0.15) is 44.1 Å². The van der Waals surface area contributed by atoms with Crippen LogP contribution in [0.2, 0.25) is 0 Å². The molecule has 1 aromatic rings. The quantitative estimate of drug-likeness (QED) is 0.893. The Morgan fingerprint density at radius 3 is 2.38 bits per heavy atom. The summed E-state index contributed by atoms with van der Waals surface area (Å²) >= 11 is 0. The monoisotopic (exact) mass is 288 g/mol. The Morgan fingerprint density at radius 2 is 1.81 bits per heavy atom. The summed E-state index contributed by atoms with van der Waals surface area (Å²) in [6, 6.07) is 7.96. The molecule has 0 spiro atoms. The number of amides is 1. The van der Waals surface area contributed by atoms with E-state index in [0.29, 0.717) is 17.7 Å². The van der Waals surface area contributed by atoms with E-state index in [1.165, 1.54) is 5.56 Å². The molecule has 2 fully saturated rings. The summed E-state index contributed by atoms with van der Waals surface area (Å²) in [4.78, 5) is 14.4. The van der Waals surface area contributed by atoms with Gasteiger partial charge in [-0.15, -0.1) is 0 Å². The Kier molecular flexibility index (Phi) is 4.15. The molecule has 4 nitrogen and oxygen atoms in total. The lowest BCUT2D eigenvalue weighted by molar-refractivity contribution is -0.126. The number of benzene rings is 1. The van der Waals surface area contributed by atoms with Gasteiger partial charge in [0, 0.05) is 6.04 Å². The van der Waals surface area contributed by atoms with Crippen molar-refractivity contribution < 1.29 is 9.90 Å². The minimum atomic E-state index is -0.0219. The van der Waals surface area contributed by atoms with Crippen molar-refractivity contribution in [3.63, 3.8) is 0 Å². The number of carbonyl (C=O) groups excluding carboxylic acids is 1. The Hall–Kier alpha value is -1.55. The average molecular weight is 288 g/mol. The van der Waals surface area contributed by atoms with Gasteiger partial charge in [-0.2, -0.15) is 0 Å². The van der Waals surface area contributed by atoms with Gasteiger partial charge in [0.25, 0.3) is 0 Å². The molecule has 1 saturated carbocycles. The summed E-state index contributed by atoms with van der Waals surface area (Å²) in [5.41, 5.74) is 1.29. The van der Waals surface area contributed by atoms with E-state index in [2.05, 4.69) is 10.2 Å².